The van der Waals surface area contributed by atoms with Crippen LogP contribution in [0.15, 0.2) is 73.3 Å². The van der Waals surface area contributed by atoms with Gasteiger partial charge in [-0.25, -0.2) is 9.67 Å². The van der Waals surface area contributed by atoms with E-state index >= 15 is 0 Å². The zero-order chi connectivity index (χ0) is 19.6. The van der Waals surface area contributed by atoms with Crippen molar-refractivity contribution >= 4 is 5.91 Å². The molecule has 1 fully saturated rings. The second kappa shape index (κ2) is 7.54. The maximum absolute atomic E-state index is 13.0. The highest BCUT2D eigenvalue weighted by atomic mass is 16.1. The van der Waals surface area contributed by atoms with Crippen LogP contribution in [-0.2, 0) is 0 Å². The van der Waals surface area contributed by atoms with E-state index in [1.54, 1.807) is 10.9 Å². The Balaban J connectivity index is 1.26. The first-order chi connectivity index (χ1) is 14.3. The number of nitrogens with one attached hydrogen (secondary N) is 1. The number of rotatable bonds is 4. The summed E-state index contributed by atoms with van der Waals surface area (Å²) in [5.41, 5.74) is 2.63. The molecule has 6 heteroatoms. The number of hydrogen-bond acceptors (Lipinski definition) is 3. The molecule has 6 nitrogen and oxygen atoms in total. The Labute approximate surface area is 169 Å². The Morgan fingerprint density at radius 3 is 2.62 bits per heavy atom. The number of fused-ring (bicyclic) bond motifs is 1. The molecule has 146 valence electrons. The second-order valence-electron chi connectivity index (χ2n) is 7.59. The molecule has 1 aromatic carbocycles. The number of carbonyl (C=O) groups is 1. The third-order valence-corrected chi connectivity index (χ3v) is 5.80. The summed E-state index contributed by atoms with van der Waals surface area (Å²) in [7, 11) is 0. The van der Waals surface area contributed by atoms with Crippen LogP contribution in [0.5, 0.6) is 0 Å². The fourth-order valence-corrected chi connectivity index (χ4v) is 4.33. The molecule has 1 saturated carbocycles. The molecule has 3 aliphatic rings. The Morgan fingerprint density at radius 2 is 1.79 bits per heavy atom. The van der Waals surface area contributed by atoms with Gasteiger partial charge in [0, 0.05) is 42.4 Å². The van der Waals surface area contributed by atoms with Gasteiger partial charge in [0.15, 0.2) is 0 Å². The number of para-hydroxylation sites is 1. The van der Waals surface area contributed by atoms with Crippen molar-refractivity contribution in [3.8, 4) is 17.1 Å². The highest BCUT2D eigenvalue weighted by molar-refractivity contribution is 5.97. The maximum Gasteiger partial charge on any atom is 0.253 e. The van der Waals surface area contributed by atoms with Crippen molar-refractivity contribution in [3.63, 3.8) is 0 Å². The number of amides is 1. The second-order valence-corrected chi connectivity index (χ2v) is 7.59. The van der Waals surface area contributed by atoms with Crippen LogP contribution >= 0.6 is 0 Å². The largest absolute Gasteiger partial charge is 0.349 e. The van der Waals surface area contributed by atoms with Crippen LogP contribution in [0.25, 0.3) is 17.1 Å². The highest BCUT2D eigenvalue weighted by Crippen LogP contribution is 2.32. The van der Waals surface area contributed by atoms with Crippen molar-refractivity contribution in [2.75, 3.05) is 0 Å². The number of carbonyl (C=O) groups excluding carboxylic acids is 1. The van der Waals surface area contributed by atoms with E-state index in [9.17, 15) is 4.79 Å². The summed E-state index contributed by atoms with van der Waals surface area (Å²) in [4.78, 5) is 17.5. The molecule has 0 bridgehead atoms. The summed E-state index contributed by atoms with van der Waals surface area (Å²) < 4.78 is 4.02. The predicted molar refractivity (Wildman–Crippen MR) is 111 cm³/mol. The number of hydrogen-bond donors (Lipinski definition) is 1. The first-order valence-corrected chi connectivity index (χ1v) is 10.1. The normalized spacial score (nSPS) is 19.3. The van der Waals surface area contributed by atoms with Gasteiger partial charge >= 0.3 is 0 Å². The topological polar surface area (TPSA) is 64.7 Å². The number of pyridine rings is 1. The van der Waals surface area contributed by atoms with E-state index in [0.29, 0.717) is 11.6 Å². The van der Waals surface area contributed by atoms with Gasteiger partial charge in [-0.05, 0) is 62.1 Å². The predicted octanol–water partition coefficient (Wildman–Crippen LogP) is 4.09. The summed E-state index contributed by atoms with van der Waals surface area (Å²) in [6.45, 7) is 0. The Kier molecular flexibility index (Phi) is 4.60. The van der Waals surface area contributed by atoms with E-state index in [2.05, 4.69) is 44.4 Å². The third kappa shape index (κ3) is 3.42. The van der Waals surface area contributed by atoms with Crippen molar-refractivity contribution in [2.24, 2.45) is 0 Å². The summed E-state index contributed by atoms with van der Waals surface area (Å²) in [5, 5.41) is 7.51. The zero-order valence-electron chi connectivity index (χ0n) is 16.1. The molecular weight excluding hydrogens is 362 g/mol. The van der Waals surface area contributed by atoms with Gasteiger partial charge in [0.05, 0.1) is 11.3 Å². The lowest BCUT2D eigenvalue weighted by molar-refractivity contribution is 0.0922. The lowest BCUT2D eigenvalue weighted by Crippen LogP contribution is -2.38. The van der Waals surface area contributed by atoms with Gasteiger partial charge in [-0.15, -0.1) is 0 Å². The smallest absolute Gasteiger partial charge is 0.253 e. The van der Waals surface area contributed by atoms with Gasteiger partial charge < -0.3 is 9.88 Å². The highest BCUT2D eigenvalue weighted by Gasteiger charge is 2.26. The molecule has 29 heavy (non-hydrogen) atoms. The zero-order valence-corrected chi connectivity index (χ0v) is 16.1. The Hall–Kier alpha value is -3.41. The summed E-state index contributed by atoms with van der Waals surface area (Å²) >= 11 is 0. The van der Waals surface area contributed by atoms with Crippen molar-refractivity contribution in [2.45, 2.75) is 37.8 Å². The van der Waals surface area contributed by atoms with Crippen LogP contribution < -0.4 is 5.32 Å². The minimum Gasteiger partial charge on any atom is -0.349 e. The number of nitrogens with zero attached hydrogens (tertiary/aromatic N) is 4. The minimum absolute atomic E-state index is 0.0352. The molecule has 0 radical (unpaired) electrons. The quantitative estimate of drug-likeness (QED) is 0.575. The third-order valence-electron chi connectivity index (χ3n) is 5.80. The molecule has 0 atom stereocenters. The SMILES string of the molecule is O=C(NC1CCC(n2cccc3ccnc2-3)CC1)c1ccccc1-n1cccn1. The Morgan fingerprint density at radius 1 is 0.931 bits per heavy atom. The van der Waals surface area contributed by atoms with E-state index in [4.69, 9.17) is 0 Å². The molecule has 1 N–H and O–H groups in total. The van der Waals surface area contributed by atoms with Crippen molar-refractivity contribution < 1.29 is 4.79 Å². The number of benzene rings is 1. The fraction of sp³-hybridized carbons (Fsp3) is 0.261. The van der Waals surface area contributed by atoms with E-state index in [-0.39, 0.29) is 11.9 Å². The van der Waals surface area contributed by atoms with Crippen LogP contribution in [0, 0.1) is 0 Å². The molecule has 0 unspecified atom stereocenters. The molecule has 5 rings (SSSR count). The number of aromatic nitrogens is 4. The molecule has 2 aromatic rings. The van der Waals surface area contributed by atoms with Gasteiger partial charge in [0.1, 0.15) is 5.82 Å². The van der Waals surface area contributed by atoms with Gasteiger partial charge in [-0.1, -0.05) is 12.1 Å². The first kappa shape index (κ1) is 17.7. The van der Waals surface area contributed by atoms with E-state index in [0.717, 1.165) is 37.2 Å². The van der Waals surface area contributed by atoms with Gasteiger partial charge in [0.2, 0.25) is 0 Å². The molecule has 2 aliphatic heterocycles. The fourth-order valence-electron chi connectivity index (χ4n) is 4.33. The van der Waals surface area contributed by atoms with Crippen molar-refractivity contribution in [1.82, 2.24) is 24.6 Å². The monoisotopic (exact) mass is 385 g/mol. The van der Waals surface area contributed by atoms with Gasteiger partial charge in [0.25, 0.3) is 5.91 Å². The summed E-state index contributed by atoms with van der Waals surface area (Å²) in [6.07, 6.45) is 11.5. The first-order valence-electron chi connectivity index (χ1n) is 10.1. The van der Waals surface area contributed by atoms with Crippen LogP contribution in [0.1, 0.15) is 42.1 Å². The maximum atomic E-state index is 13.0. The van der Waals surface area contributed by atoms with Gasteiger partial charge in [-0.3, -0.25) is 4.79 Å². The lowest BCUT2D eigenvalue weighted by Gasteiger charge is -2.31. The van der Waals surface area contributed by atoms with Gasteiger partial charge in [-0.2, -0.15) is 5.10 Å². The minimum atomic E-state index is -0.0352. The van der Waals surface area contributed by atoms with Crippen LogP contribution in [0.2, 0.25) is 0 Å². The van der Waals surface area contributed by atoms with E-state index in [1.807, 2.05) is 42.7 Å². The molecule has 1 aromatic heterocycles. The summed E-state index contributed by atoms with van der Waals surface area (Å²) in [5.74, 6) is 1.01. The molecule has 0 saturated heterocycles. The molecule has 1 amide bonds. The standard InChI is InChI=1S/C23H23N5O/c29-23(20-6-1-2-7-21(20)28-16-4-13-25-28)26-18-8-10-19(11-9-18)27-15-3-5-17-12-14-24-22(17)27/h1-7,12-16,18-19H,8-11H2,(H,26,29). The van der Waals surface area contributed by atoms with E-state index < -0.39 is 0 Å². The van der Waals surface area contributed by atoms with Crippen LogP contribution in [-0.4, -0.2) is 31.3 Å². The Bertz CT molecular complexity index is 1080. The lowest BCUT2D eigenvalue weighted by atomic mass is 9.90. The average Bonchev–Trinajstić information content (AvgIpc) is 3.46. The molecule has 0 spiro atoms. The molecular formula is C23H23N5O. The van der Waals surface area contributed by atoms with Crippen LogP contribution in [0.4, 0.5) is 0 Å². The molecule has 3 heterocycles. The summed E-state index contributed by atoms with van der Waals surface area (Å²) in [6, 6.07) is 16.3. The van der Waals surface area contributed by atoms with Crippen molar-refractivity contribution in [1.29, 1.82) is 0 Å². The molecule has 1 aliphatic carbocycles. The van der Waals surface area contributed by atoms with Crippen LogP contribution in [0.3, 0.4) is 0 Å². The van der Waals surface area contributed by atoms with Crippen molar-refractivity contribution in [3.05, 3.63) is 78.9 Å². The average molecular weight is 385 g/mol. The van der Waals surface area contributed by atoms with E-state index in [1.165, 1.54) is 5.56 Å².